The van der Waals surface area contributed by atoms with Crippen molar-refractivity contribution in [2.24, 2.45) is 0 Å². The van der Waals surface area contributed by atoms with Gasteiger partial charge in [0.2, 0.25) is 0 Å². The van der Waals surface area contributed by atoms with E-state index in [1.807, 2.05) is 60.9 Å². The fourth-order valence-corrected chi connectivity index (χ4v) is 1.46. The van der Waals surface area contributed by atoms with Crippen molar-refractivity contribution in [1.82, 2.24) is 0 Å². The predicted molar refractivity (Wildman–Crippen MR) is 61.6 cm³/mol. The first kappa shape index (κ1) is 10.4. The molecule has 16 heavy (non-hydrogen) atoms. The Labute approximate surface area is 94.5 Å². The molecule has 0 radical (unpaired) electrons. The highest BCUT2D eigenvalue weighted by Crippen LogP contribution is 1.99. The van der Waals surface area contributed by atoms with E-state index < -0.39 is 0 Å². The van der Waals surface area contributed by atoms with Crippen molar-refractivity contribution in [3.05, 3.63) is 66.5 Å². The molecule has 1 aromatic heterocycles. The van der Waals surface area contributed by atoms with Gasteiger partial charge in [-0.05, 0) is 12.1 Å². The Balaban J connectivity index is 2.24. The lowest BCUT2D eigenvalue weighted by molar-refractivity contribution is -0.679. The Morgan fingerprint density at radius 3 is 2.19 bits per heavy atom. The number of pyridine rings is 1. The minimum atomic E-state index is -0.0307. The highest BCUT2D eigenvalue weighted by Gasteiger charge is 2.17. The zero-order valence-electron chi connectivity index (χ0n) is 9.08. The summed E-state index contributed by atoms with van der Waals surface area (Å²) in [5, 5.41) is 1.56. The van der Waals surface area contributed by atoms with Crippen LogP contribution >= 0.6 is 0 Å². The lowest BCUT2D eigenvalue weighted by atomic mass is 10.2. The predicted octanol–water partition coefficient (Wildman–Crippen LogP) is 1.38. The van der Waals surface area contributed by atoms with Crippen LogP contribution in [0.5, 0.6) is 0 Å². The van der Waals surface area contributed by atoms with Gasteiger partial charge >= 0.3 is 5.91 Å². The third-order valence-electron chi connectivity index (χ3n) is 2.36. The van der Waals surface area contributed by atoms with Gasteiger partial charge in [-0.25, -0.2) is 0 Å². The summed E-state index contributed by atoms with van der Waals surface area (Å²) in [5.41, 5.74) is 0.682. The Morgan fingerprint density at radius 1 is 1.00 bits per heavy atom. The SMILES string of the molecule is CN(C(=O)c1ccccc1)[n+]1ccccc1. The van der Waals surface area contributed by atoms with Crippen molar-refractivity contribution in [2.75, 3.05) is 12.1 Å². The number of amides is 1. The molecule has 0 saturated heterocycles. The summed E-state index contributed by atoms with van der Waals surface area (Å²) in [6.45, 7) is 0. The molecule has 0 unspecified atom stereocenters. The fraction of sp³-hybridized carbons (Fsp3) is 0.0769. The molecule has 0 atom stereocenters. The molecule has 1 amide bonds. The zero-order valence-corrected chi connectivity index (χ0v) is 9.08. The van der Waals surface area contributed by atoms with E-state index in [0.717, 1.165) is 0 Å². The maximum absolute atomic E-state index is 12.1. The van der Waals surface area contributed by atoms with Gasteiger partial charge in [0, 0.05) is 17.7 Å². The molecule has 0 N–H and O–H groups in total. The van der Waals surface area contributed by atoms with Crippen molar-refractivity contribution < 1.29 is 9.47 Å². The van der Waals surface area contributed by atoms with Crippen molar-refractivity contribution >= 4 is 5.91 Å². The number of nitrogens with zero attached hydrogens (tertiary/aromatic N) is 2. The molecular formula is C13H13N2O+. The van der Waals surface area contributed by atoms with Gasteiger partial charge in [0.05, 0.1) is 7.05 Å². The second kappa shape index (κ2) is 4.57. The largest absolute Gasteiger partial charge is 0.308 e. The van der Waals surface area contributed by atoms with Crippen molar-refractivity contribution in [3.8, 4) is 0 Å². The average molecular weight is 213 g/mol. The molecule has 0 saturated carbocycles. The van der Waals surface area contributed by atoms with Gasteiger partial charge in [0.15, 0.2) is 12.4 Å². The van der Waals surface area contributed by atoms with Crippen LogP contribution in [0.3, 0.4) is 0 Å². The summed E-state index contributed by atoms with van der Waals surface area (Å²) in [7, 11) is 1.75. The molecule has 3 nitrogen and oxygen atoms in total. The van der Waals surface area contributed by atoms with Crippen molar-refractivity contribution in [3.63, 3.8) is 0 Å². The number of benzene rings is 1. The topological polar surface area (TPSA) is 24.2 Å². The van der Waals surface area contributed by atoms with Crippen LogP contribution in [0.1, 0.15) is 10.4 Å². The van der Waals surface area contributed by atoms with E-state index in [-0.39, 0.29) is 5.91 Å². The van der Waals surface area contributed by atoms with Crippen molar-refractivity contribution in [2.45, 2.75) is 0 Å². The maximum atomic E-state index is 12.1. The van der Waals surface area contributed by atoms with E-state index >= 15 is 0 Å². The molecule has 1 heterocycles. The standard InChI is InChI=1S/C13H13N2O/c1-14(15-10-6-3-7-11-15)13(16)12-8-4-2-5-9-12/h2-11H,1H3/q+1. The molecule has 0 fully saturated rings. The second-order valence-electron chi connectivity index (χ2n) is 3.45. The average Bonchev–Trinajstić information content (AvgIpc) is 2.39. The van der Waals surface area contributed by atoms with E-state index in [4.69, 9.17) is 0 Å². The summed E-state index contributed by atoms with van der Waals surface area (Å²) >= 11 is 0. The highest BCUT2D eigenvalue weighted by atomic mass is 16.2. The van der Waals surface area contributed by atoms with Crippen molar-refractivity contribution in [1.29, 1.82) is 0 Å². The van der Waals surface area contributed by atoms with E-state index in [1.165, 1.54) is 0 Å². The molecular weight excluding hydrogens is 200 g/mol. The molecule has 1 aromatic carbocycles. The molecule has 0 spiro atoms. The monoisotopic (exact) mass is 213 g/mol. The second-order valence-corrected chi connectivity index (χ2v) is 3.45. The highest BCUT2D eigenvalue weighted by molar-refractivity contribution is 5.99. The van der Waals surface area contributed by atoms with Crippen LogP contribution in [0, 0.1) is 0 Å². The first-order valence-electron chi connectivity index (χ1n) is 5.09. The molecule has 3 heteroatoms. The van der Waals surface area contributed by atoms with E-state index in [0.29, 0.717) is 5.56 Å². The van der Waals surface area contributed by atoms with Gasteiger partial charge in [-0.3, -0.25) is 4.79 Å². The third-order valence-corrected chi connectivity index (χ3v) is 2.36. The quantitative estimate of drug-likeness (QED) is 0.692. The lowest BCUT2D eigenvalue weighted by Crippen LogP contribution is -2.57. The molecule has 80 valence electrons. The van der Waals surface area contributed by atoms with Crippen LogP contribution in [0.15, 0.2) is 60.9 Å². The minimum absolute atomic E-state index is 0.0307. The van der Waals surface area contributed by atoms with E-state index in [9.17, 15) is 4.79 Å². The van der Waals surface area contributed by atoms with Gasteiger partial charge in [0.25, 0.3) is 0 Å². The molecule has 0 aliphatic rings. The van der Waals surface area contributed by atoms with Gasteiger partial charge in [-0.1, -0.05) is 28.9 Å². The number of carbonyl (C=O) groups is 1. The van der Waals surface area contributed by atoms with Crippen LogP contribution in [-0.4, -0.2) is 13.0 Å². The summed E-state index contributed by atoms with van der Waals surface area (Å²) in [6.07, 6.45) is 3.67. The Morgan fingerprint density at radius 2 is 1.56 bits per heavy atom. The summed E-state index contributed by atoms with van der Waals surface area (Å²) < 4.78 is 1.75. The Bertz CT molecular complexity index is 468. The number of rotatable bonds is 2. The third kappa shape index (κ3) is 2.08. The minimum Gasteiger partial charge on any atom is -0.263 e. The summed E-state index contributed by atoms with van der Waals surface area (Å²) in [4.78, 5) is 12.1. The Hall–Kier alpha value is -2.16. The van der Waals surface area contributed by atoms with Gasteiger partial charge in [0.1, 0.15) is 0 Å². The first-order valence-corrected chi connectivity index (χ1v) is 5.09. The summed E-state index contributed by atoms with van der Waals surface area (Å²) in [5.74, 6) is -0.0307. The molecule has 0 bridgehead atoms. The molecule has 2 aromatic rings. The van der Waals surface area contributed by atoms with Gasteiger partial charge in [-0.15, -0.1) is 5.01 Å². The van der Waals surface area contributed by atoms with Gasteiger partial charge in [-0.2, -0.15) is 0 Å². The molecule has 2 rings (SSSR count). The van der Waals surface area contributed by atoms with E-state index in [1.54, 1.807) is 16.7 Å². The van der Waals surface area contributed by atoms with Crippen LogP contribution in [0.2, 0.25) is 0 Å². The Kier molecular flexibility index (Phi) is 2.96. The van der Waals surface area contributed by atoms with Crippen LogP contribution in [0.25, 0.3) is 0 Å². The number of carbonyl (C=O) groups excluding carboxylic acids is 1. The molecule has 0 aliphatic carbocycles. The lowest BCUT2D eigenvalue weighted by Gasteiger charge is -2.09. The van der Waals surface area contributed by atoms with E-state index in [2.05, 4.69) is 0 Å². The van der Waals surface area contributed by atoms with Gasteiger partial charge < -0.3 is 0 Å². The fourth-order valence-electron chi connectivity index (χ4n) is 1.46. The molecule has 0 aliphatic heterocycles. The van der Waals surface area contributed by atoms with Crippen LogP contribution in [0.4, 0.5) is 0 Å². The zero-order chi connectivity index (χ0) is 11.4. The summed E-state index contributed by atoms with van der Waals surface area (Å²) in [6, 6.07) is 14.9. The number of hydrogen-bond acceptors (Lipinski definition) is 1. The first-order chi connectivity index (χ1) is 7.79. The smallest absolute Gasteiger partial charge is 0.263 e. The number of aromatic nitrogens is 1. The van der Waals surface area contributed by atoms with Crippen LogP contribution in [-0.2, 0) is 0 Å². The number of hydrogen-bond donors (Lipinski definition) is 0. The van der Waals surface area contributed by atoms with Crippen LogP contribution < -0.4 is 9.69 Å². The maximum Gasteiger partial charge on any atom is 0.308 e. The normalized spacial score (nSPS) is 9.81.